The number of nitrogens with zero attached hydrogens (tertiary/aromatic N) is 2. The van der Waals surface area contributed by atoms with Crippen LogP contribution in [0.25, 0.3) is 0 Å². The number of aromatic amines is 1. The number of aliphatic hydroxyl groups is 1. The van der Waals surface area contributed by atoms with Crippen LogP contribution < -0.4 is 5.32 Å². The maximum absolute atomic E-state index is 11.5. The van der Waals surface area contributed by atoms with Crippen molar-refractivity contribution in [1.82, 2.24) is 20.5 Å². The molecule has 0 spiro atoms. The highest BCUT2D eigenvalue weighted by Gasteiger charge is 2.25. The largest absolute Gasteiger partial charge is 0.481 e. The normalized spacial score (nSPS) is 14.1. The number of aromatic nitrogens is 3. The monoisotopic (exact) mass is 242 g/mol. The van der Waals surface area contributed by atoms with Crippen LogP contribution in [0, 0.1) is 6.92 Å². The average molecular weight is 242 g/mol. The van der Waals surface area contributed by atoms with Gasteiger partial charge in [0.15, 0.2) is 0 Å². The molecule has 1 aromatic rings. The van der Waals surface area contributed by atoms with Crippen LogP contribution in [-0.2, 0) is 4.79 Å². The van der Waals surface area contributed by atoms with E-state index in [1.54, 1.807) is 6.92 Å². The smallest absolute Gasteiger partial charge is 0.306 e. The summed E-state index contributed by atoms with van der Waals surface area (Å²) in [5.41, 5.74) is -1.51. The number of aryl methyl sites for hydroxylation is 1. The maximum atomic E-state index is 11.5. The Labute approximate surface area is 97.1 Å². The van der Waals surface area contributed by atoms with Gasteiger partial charge in [0.2, 0.25) is 5.82 Å². The molecule has 8 nitrogen and oxygen atoms in total. The van der Waals surface area contributed by atoms with Crippen molar-refractivity contribution in [2.45, 2.75) is 25.9 Å². The molecule has 0 aliphatic heterocycles. The van der Waals surface area contributed by atoms with Gasteiger partial charge in [-0.25, -0.2) is 4.98 Å². The summed E-state index contributed by atoms with van der Waals surface area (Å²) in [6.45, 7) is 2.78. The summed E-state index contributed by atoms with van der Waals surface area (Å²) < 4.78 is 0. The highest BCUT2D eigenvalue weighted by Crippen LogP contribution is 2.07. The van der Waals surface area contributed by atoms with Crippen LogP contribution in [0.5, 0.6) is 0 Å². The van der Waals surface area contributed by atoms with Gasteiger partial charge in [-0.15, -0.1) is 5.10 Å². The lowest BCUT2D eigenvalue weighted by atomic mass is 10.0. The number of rotatable bonds is 5. The van der Waals surface area contributed by atoms with E-state index in [0.717, 1.165) is 0 Å². The average Bonchev–Trinajstić information content (AvgIpc) is 2.59. The zero-order valence-corrected chi connectivity index (χ0v) is 9.52. The zero-order valence-electron chi connectivity index (χ0n) is 9.52. The molecule has 1 heterocycles. The molecule has 1 atom stereocenters. The Morgan fingerprint density at radius 3 is 2.65 bits per heavy atom. The SMILES string of the molecule is Cc1nc(C(=O)NCC(C)(O)CC(=O)O)n[nH]1. The van der Waals surface area contributed by atoms with Crippen molar-refractivity contribution in [1.29, 1.82) is 0 Å². The third-order valence-electron chi connectivity index (χ3n) is 1.96. The van der Waals surface area contributed by atoms with Crippen molar-refractivity contribution in [2.75, 3.05) is 6.54 Å². The van der Waals surface area contributed by atoms with Gasteiger partial charge < -0.3 is 15.5 Å². The standard InChI is InChI=1S/C9H14N4O4/c1-5-11-7(13-12-5)8(16)10-4-9(2,17)3-6(14)15/h17H,3-4H2,1-2H3,(H,10,16)(H,14,15)(H,11,12,13). The third kappa shape index (κ3) is 4.19. The number of carbonyl (C=O) groups excluding carboxylic acids is 1. The van der Waals surface area contributed by atoms with E-state index in [4.69, 9.17) is 5.11 Å². The van der Waals surface area contributed by atoms with Crippen LogP contribution in [0.15, 0.2) is 0 Å². The Hall–Kier alpha value is -1.96. The fraction of sp³-hybridized carbons (Fsp3) is 0.556. The summed E-state index contributed by atoms with van der Waals surface area (Å²) in [7, 11) is 0. The first kappa shape index (κ1) is 13.1. The van der Waals surface area contributed by atoms with Crippen molar-refractivity contribution < 1.29 is 19.8 Å². The number of hydrogen-bond acceptors (Lipinski definition) is 5. The van der Waals surface area contributed by atoms with E-state index >= 15 is 0 Å². The number of carboxylic acid groups (broad SMARTS) is 1. The minimum Gasteiger partial charge on any atom is -0.481 e. The first-order valence-corrected chi connectivity index (χ1v) is 4.91. The Morgan fingerprint density at radius 2 is 2.18 bits per heavy atom. The summed E-state index contributed by atoms with van der Waals surface area (Å²) in [6, 6.07) is 0. The van der Waals surface area contributed by atoms with Crippen molar-refractivity contribution >= 4 is 11.9 Å². The van der Waals surface area contributed by atoms with Crippen LogP contribution in [-0.4, -0.2) is 49.4 Å². The van der Waals surface area contributed by atoms with Crippen LogP contribution in [0.4, 0.5) is 0 Å². The number of carbonyl (C=O) groups is 2. The van der Waals surface area contributed by atoms with Gasteiger partial charge >= 0.3 is 5.97 Å². The molecular weight excluding hydrogens is 228 g/mol. The molecule has 0 fully saturated rings. The third-order valence-corrected chi connectivity index (χ3v) is 1.96. The number of H-pyrrole nitrogens is 1. The highest BCUT2D eigenvalue weighted by molar-refractivity contribution is 5.90. The predicted molar refractivity (Wildman–Crippen MR) is 56.3 cm³/mol. The molecule has 0 bridgehead atoms. The van der Waals surface area contributed by atoms with Gasteiger partial charge in [0.25, 0.3) is 5.91 Å². The quantitative estimate of drug-likeness (QED) is 0.528. The first-order chi connectivity index (χ1) is 7.80. The number of hydrogen-bond donors (Lipinski definition) is 4. The van der Waals surface area contributed by atoms with Crippen molar-refractivity contribution in [3.63, 3.8) is 0 Å². The molecule has 0 aliphatic carbocycles. The molecule has 1 rings (SSSR count). The predicted octanol–water partition coefficient (Wildman–Crippen LogP) is -0.931. The van der Waals surface area contributed by atoms with Gasteiger partial charge in [-0.05, 0) is 13.8 Å². The number of nitrogens with one attached hydrogen (secondary N) is 2. The van der Waals surface area contributed by atoms with E-state index in [2.05, 4.69) is 20.5 Å². The maximum Gasteiger partial charge on any atom is 0.306 e. The Balaban J connectivity index is 2.51. The van der Waals surface area contributed by atoms with E-state index in [1.807, 2.05) is 0 Å². The summed E-state index contributed by atoms with van der Waals surface area (Å²) in [6.07, 6.45) is -0.458. The molecule has 0 saturated heterocycles. The Kier molecular flexibility index (Phi) is 3.79. The summed E-state index contributed by atoms with van der Waals surface area (Å²) in [5.74, 6) is -1.26. The molecule has 8 heteroatoms. The summed E-state index contributed by atoms with van der Waals surface area (Å²) >= 11 is 0. The fourth-order valence-corrected chi connectivity index (χ4v) is 1.18. The van der Waals surface area contributed by atoms with Gasteiger partial charge in [0, 0.05) is 6.54 Å². The Morgan fingerprint density at radius 1 is 1.53 bits per heavy atom. The molecule has 0 aliphatic rings. The summed E-state index contributed by atoms with van der Waals surface area (Å²) in [4.78, 5) is 25.7. The molecule has 1 unspecified atom stereocenters. The van der Waals surface area contributed by atoms with Crippen LogP contribution in [0.3, 0.4) is 0 Å². The highest BCUT2D eigenvalue weighted by atomic mass is 16.4. The van der Waals surface area contributed by atoms with Gasteiger partial charge in [0.1, 0.15) is 5.82 Å². The van der Waals surface area contributed by atoms with Crippen molar-refractivity contribution in [3.8, 4) is 0 Å². The Bertz CT molecular complexity index is 426. The second-order valence-electron chi connectivity index (χ2n) is 3.99. The number of amides is 1. The van der Waals surface area contributed by atoms with Gasteiger partial charge in [0.05, 0.1) is 12.0 Å². The molecule has 4 N–H and O–H groups in total. The molecule has 1 amide bonds. The first-order valence-electron chi connectivity index (χ1n) is 4.91. The minimum atomic E-state index is -1.51. The number of aliphatic carboxylic acids is 1. The zero-order chi connectivity index (χ0) is 13.1. The van der Waals surface area contributed by atoms with E-state index < -0.39 is 23.9 Å². The molecule has 94 valence electrons. The van der Waals surface area contributed by atoms with E-state index in [9.17, 15) is 14.7 Å². The van der Waals surface area contributed by atoms with Gasteiger partial charge in [-0.1, -0.05) is 0 Å². The lowest BCUT2D eigenvalue weighted by molar-refractivity contribution is -0.141. The van der Waals surface area contributed by atoms with Crippen LogP contribution >= 0.6 is 0 Å². The molecule has 1 aromatic heterocycles. The van der Waals surface area contributed by atoms with Gasteiger partial charge in [-0.3, -0.25) is 14.7 Å². The molecule has 17 heavy (non-hydrogen) atoms. The topological polar surface area (TPSA) is 128 Å². The lowest BCUT2D eigenvalue weighted by Crippen LogP contribution is -2.42. The minimum absolute atomic E-state index is 0.0476. The van der Waals surface area contributed by atoms with Crippen molar-refractivity contribution in [3.05, 3.63) is 11.6 Å². The second-order valence-corrected chi connectivity index (χ2v) is 3.99. The molecule has 0 aromatic carbocycles. The fourth-order valence-electron chi connectivity index (χ4n) is 1.18. The second kappa shape index (κ2) is 4.91. The van der Waals surface area contributed by atoms with Crippen molar-refractivity contribution in [2.24, 2.45) is 0 Å². The van der Waals surface area contributed by atoms with Gasteiger partial charge in [-0.2, -0.15) is 0 Å². The number of carboxylic acids is 1. The molecular formula is C9H14N4O4. The lowest BCUT2D eigenvalue weighted by Gasteiger charge is -2.20. The molecule has 0 saturated carbocycles. The van der Waals surface area contributed by atoms with Crippen LogP contribution in [0.1, 0.15) is 29.8 Å². The molecule has 0 radical (unpaired) electrons. The van der Waals surface area contributed by atoms with E-state index in [-0.39, 0.29) is 12.4 Å². The van der Waals surface area contributed by atoms with E-state index in [1.165, 1.54) is 6.92 Å². The summed E-state index contributed by atoms with van der Waals surface area (Å²) in [5, 5.41) is 26.7. The van der Waals surface area contributed by atoms with E-state index in [0.29, 0.717) is 5.82 Å². The van der Waals surface area contributed by atoms with Crippen LogP contribution in [0.2, 0.25) is 0 Å².